The number of rotatable bonds is 4. The van der Waals surface area contributed by atoms with E-state index in [0.29, 0.717) is 23.8 Å². The van der Waals surface area contributed by atoms with E-state index in [1.165, 1.54) is 0 Å². The second-order valence-corrected chi connectivity index (χ2v) is 4.45. The first-order valence-electron chi connectivity index (χ1n) is 5.53. The van der Waals surface area contributed by atoms with Crippen molar-refractivity contribution in [2.75, 3.05) is 12.3 Å². The van der Waals surface area contributed by atoms with Crippen molar-refractivity contribution in [3.8, 4) is 0 Å². The number of anilines is 1. The van der Waals surface area contributed by atoms with E-state index in [-0.39, 0.29) is 5.97 Å². The van der Waals surface area contributed by atoms with Gasteiger partial charge in [-0.3, -0.25) is 0 Å². The molecule has 0 fully saturated rings. The maximum Gasteiger partial charge on any atom is 0.338 e. The van der Waals surface area contributed by atoms with Gasteiger partial charge in [-0.1, -0.05) is 13.8 Å². The first-order valence-corrected chi connectivity index (χ1v) is 5.53. The highest BCUT2D eigenvalue weighted by Crippen LogP contribution is 2.12. The molecule has 0 radical (unpaired) electrons. The van der Waals surface area contributed by atoms with E-state index in [2.05, 4.69) is 13.8 Å². The van der Waals surface area contributed by atoms with Crippen LogP contribution in [0.15, 0.2) is 18.2 Å². The molecule has 0 unspecified atom stereocenters. The number of benzene rings is 1. The molecule has 0 heterocycles. The Kier molecular flexibility index (Phi) is 4.35. The number of hydrogen-bond acceptors (Lipinski definition) is 3. The fourth-order valence-electron chi connectivity index (χ4n) is 1.40. The second kappa shape index (κ2) is 5.54. The Morgan fingerprint density at radius 2 is 2.06 bits per heavy atom. The lowest BCUT2D eigenvalue weighted by atomic mass is 10.1. The Morgan fingerprint density at radius 3 is 2.62 bits per heavy atom. The molecular weight excluding hydrogens is 202 g/mol. The first kappa shape index (κ1) is 12.6. The Bertz CT molecular complexity index is 352. The normalized spacial score (nSPS) is 10.5. The summed E-state index contributed by atoms with van der Waals surface area (Å²) >= 11 is 0. The molecule has 88 valence electrons. The summed E-state index contributed by atoms with van der Waals surface area (Å²) in [5.74, 6) is 0.242. The highest BCUT2D eigenvalue weighted by atomic mass is 16.5. The van der Waals surface area contributed by atoms with Crippen LogP contribution in [0.3, 0.4) is 0 Å². The number of carbonyl (C=O) groups excluding carboxylic acids is 1. The Morgan fingerprint density at radius 1 is 1.38 bits per heavy atom. The summed E-state index contributed by atoms with van der Waals surface area (Å²) in [4.78, 5) is 11.7. The number of hydrogen-bond donors (Lipinski definition) is 1. The quantitative estimate of drug-likeness (QED) is 0.628. The van der Waals surface area contributed by atoms with E-state index < -0.39 is 0 Å². The molecule has 0 saturated carbocycles. The van der Waals surface area contributed by atoms with Crippen molar-refractivity contribution in [3.05, 3.63) is 29.3 Å². The topological polar surface area (TPSA) is 52.3 Å². The largest absolute Gasteiger partial charge is 0.462 e. The molecule has 0 aliphatic carbocycles. The number of esters is 1. The molecule has 0 spiro atoms. The summed E-state index contributed by atoms with van der Waals surface area (Å²) in [5.41, 5.74) is 7.76. The molecule has 0 saturated heterocycles. The zero-order valence-electron chi connectivity index (χ0n) is 10.1. The number of nitrogen functional groups attached to an aromatic ring is 1. The molecule has 0 aliphatic rings. The van der Waals surface area contributed by atoms with E-state index in [1.54, 1.807) is 12.1 Å². The second-order valence-electron chi connectivity index (χ2n) is 4.45. The summed E-state index contributed by atoms with van der Waals surface area (Å²) < 4.78 is 5.15. The predicted octanol–water partition coefficient (Wildman–Crippen LogP) is 2.78. The third-order valence-corrected chi connectivity index (χ3v) is 2.26. The van der Waals surface area contributed by atoms with Gasteiger partial charge in [0.15, 0.2) is 0 Å². The number of carbonyl (C=O) groups is 1. The fourth-order valence-corrected chi connectivity index (χ4v) is 1.40. The van der Waals surface area contributed by atoms with E-state index in [1.807, 2.05) is 13.0 Å². The highest BCUT2D eigenvalue weighted by Gasteiger charge is 2.08. The number of ether oxygens (including phenoxy) is 1. The molecule has 16 heavy (non-hydrogen) atoms. The van der Waals surface area contributed by atoms with Crippen LogP contribution in [0.4, 0.5) is 5.69 Å². The molecule has 1 aromatic carbocycles. The molecule has 1 rings (SSSR count). The van der Waals surface area contributed by atoms with Gasteiger partial charge in [-0.2, -0.15) is 0 Å². The third kappa shape index (κ3) is 3.93. The van der Waals surface area contributed by atoms with Crippen molar-refractivity contribution in [3.63, 3.8) is 0 Å². The van der Waals surface area contributed by atoms with Gasteiger partial charge in [0, 0.05) is 5.69 Å². The fraction of sp³-hybridized carbons (Fsp3) is 0.462. The minimum Gasteiger partial charge on any atom is -0.462 e. The number of nitrogens with two attached hydrogens (primary N) is 1. The molecule has 0 amide bonds. The molecule has 3 nitrogen and oxygen atoms in total. The van der Waals surface area contributed by atoms with Gasteiger partial charge in [0.05, 0.1) is 12.2 Å². The van der Waals surface area contributed by atoms with Gasteiger partial charge in [-0.25, -0.2) is 4.79 Å². The van der Waals surface area contributed by atoms with Gasteiger partial charge in [-0.05, 0) is 43.0 Å². The van der Waals surface area contributed by atoms with Gasteiger partial charge in [0.1, 0.15) is 0 Å². The van der Waals surface area contributed by atoms with E-state index in [4.69, 9.17) is 10.5 Å². The third-order valence-electron chi connectivity index (χ3n) is 2.26. The Balaban J connectivity index is 2.59. The van der Waals surface area contributed by atoms with E-state index in [0.717, 1.165) is 12.0 Å². The monoisotopic (exact) mass is 221 g/mol. The maximum absolute atomic E-state index is 11.7. The van der Waals surface area contributed by atoms with Crippen molar-refractivity contribution in [1.82, 2.24) is 0 Å². The van der Waals surface area contributed by atoms with Crippen LogP contribution in [-0.4, -0.2) is 12.6 Å². The summed E-state index contributed by atoms with van der Waals surface area (Å²) in [5, 5.41) is 0. The van der Waals surface area contributed by atoms with Gasteiger partial charge in [0.2, 0.25) is 0 Å². The Labute approximate surface area is 96.6 Å². The standard InChI is InChI=1S/C13H19NO2/c1-9(2)4-5-16-13(15)11-6-10(3)7-12(14)8-11/h6-9H,4-5,14H2,1-3H3. The van der Waals surface area contributed by atoms with E-state index in [9.17, 15) is 4.79 Å². The summed E-state index contributed by atoms with van der Waals surface area (Å²) in [6, 6.07) is 5.25. The van der Waals surface area contributed by atoms with Gasteiger partial charge < -0.3 is 10.5 Å². The molecule has 0 aromatic heterocycles. The van der Waals surface area contributed by atoms with Crippen molar-refractivity contribution in [2.24, 2.45) is 5.92 Å². The van der Waals surface area contributed by atoms with Crippen LogP contribution in [0.2, 0.25) is 0 Å². The van der Waals surface area contributed by atoms with Crippen LogP contribution in [0, 0.1) is 12.8 Å². The highest BCUT2D eigenvalue weighted by molar-refractivity contribution is 5.90. The predicted molar refractivity (Wildman–Crippen MR) is 65.3 cm³/mol. The molecule has 0 aliphatic heterocycles. The Hall–Kier alpha value is -1.51. The average Bonchev–Trinajstić information content (AvgIpc) is 2.15. The lowest BCUT2D eigenvalue weighted by molar-refractivity contribution is 0.0488. The average molecular weight is 221 g/mol. The van der Waals surface area contributed by atoms with Crippen molar-refractivity contribution in [2.45, 2.75) is 27.2 Å². The molecule has 0 atom stereocenters. The molecule has 0 bridgehead atoms. The molecule has 1 aromatic rings. The maximum atomic E-state index is 11.7. The SMILES string of the molecule is Cc1cc(N)cc(C(=O)OCCC(C)C)c1. The zero-order chi connectivity index (χ0) is 12.1. The first-order chi connectivity index (χ1) is 7.49. The lowest BCUT2D eigenvalue weighted by Gasteiger charge is -2.07. The molecular formula is C13H19NO2. The van der Waals surface area contributed by atoms with E-state index >= 15 is 0 Å². The summed E-state index contributed by atoms with van der Waals surface area (Å²) in [6.45, 7) is 6.56. The van der Waals surface area contributed by atoms with Crippen molar-refractivity contribution in [1.29, 1.82) is 0 Å². The summed E-state index contributed by atoms with van der Waals surface area (Å²) in [7, 11) is 0. The van der Waals surface area contributed by atoms with Crippen LogP contribution in [-0.2, 0) is 4.74 Å². The smallest absolute Gasteiger partial charge is 0.338 e. The van der Waals surface area contributed by atoms with Crippen LogP contribution in [0.5, 0.6) is 0 Å². The van der Waals surface area contributed by atoms with Crippen molar-refractivity contribution >= 4 is 11.7 Å². The summed E-state index contributed by atoms with van der Waals surface area (Å²) in [6.07, 6.45) is 0.882. The number of aryl methyl sites for hydroxylation is 1. The van der Waals surface area contributed by atoms with Crippen LogP contribution >= 0.6 is 0 Å². The van der Waals surface area contributed by atoms with Gasteiger partial charge >= 0.3 is 5.97 Å². The lowest BCUT2D eigenvalue weighted by Crippen LogP contribution is -2.08. The van der Waals surface area contributed by atoms with Crippen LogP contribution < -0.4 is 5.73 Å². The van der Waals surface area contributed by atoms with Crippen LogP contribution in [0.25, 0.3) is 0 Å². The van der Waals surface area contributed by atoms with Crippen molar-refractivity contribution < 1.29 is 9.53 Å². The van der Waals surface area contributed by atoms with Gasteiger partial charge in [0.25, 0.3) is 0 Å². The molecule has 3 heteroatoms. The van der Waals surface area contributed by atoms with Gasteiger partial charge in [-0.15, -0.1) is 0 Å². The zero-order valence-corrected chi connectivity index (χ0v) is 10.1. The minimum atomic E-state index is -0.295. The minimum absolute atomic E-state index is 0.295. The van der Waals surface area contributed by atoms with Crippen LogP contribution in [0.1, 0.15) is 36.2 Å². The molecule has 2 N–H and O–H groups in total.